The molecule has 2 aromatic rings. The number of aromatic nitrogens is 2. The van der Waals surface area contributed by atoms with Gasteiger partial charge in [0, 0.05) is 44.2 Å². The van der Waals surface area contributed by atoms with Crippen LogP contribution >= 0.6 is 0 Å². The fourth-order valence-electron chi connectivity index (χ4n) is 6.03. The molecule has 0 bridgehead atoms. The van der Waals surface area contributed by atoms with Crippen molar-refractivity contribution < 1.29 is 27.1 Å². The first-order valence-corrected chi connectivity index (χ1v) is 15.4. The minimum atomic E-state index is -3.38. The second kappa shape index (κ2) is 11.3. The summed E-state index contributed by atoms with van der Waals surface area (Å²) in [6.07, 6.45) is 8.45. The summed E-state index contributed by atoms with van der Waals surface area (Å²) in [5, 5.41) is 0. The largest absolute Gasteiger partial charge is 0.451 e. The molecule has 0 amide bonds. The third-order valence-corrected chi connectivity index (χ3v) is 10.2. The average molecular weight is 575 g/mol. The Morgan fingerprint density at radius 3 is 2.62 bits per heavy atom. The van der Waals surface area contributed by atoms with Gasteiger partial charge in [-0.3, -0.25) is 4.79 Å². The van der Waals surface area contributed by atoms with Crippen molar-refractivity contribution in [1.82, 2.24) is 23.9 Å². The number of piperidine rings is 1. The van der Waals surface area contributed by atoms with Crippen molar-refractivity contribution in [1.29, 1.82) is 0 Å². The molecule has 4 aliphatic rings. The van der Waals surface area contributed by atoms with Crippen LogP contribution in [0.25, 0.3) is 0 Å². The van der Waals surface area contributed by atoms with E-state index in [-0.39, 0.29) is 28.9 Å². The number of hydrogen-bond donors (Lipinski definition) is 1. The van der Waals surface area contributed by atoms with Crippen molar-refractivity contribution in [2.75, 3.05) is 57.3 Å². The number of anilines is 1. The van der Waals surface area contributed by atoms with Crippen LogP contribution in [0.15, 0.2) is 30.7 Å². The zero-order valence-corrected chi connectivity index (χ0v) is 23.2. The van der Waals surface area contributed by atoms with Gasteiger partial charge in [-0.05, 0) is 63.4 Å². The molecular weight excluding hydrogens is 539 g/mol. The van der Waals surface area contributed by atoms with Crippen LogP contribution in [0.4, 0.5) is 10.2 Å². The van der Waals surface area contributed by atoms with Gasteiger partial charge in [0.25, 0.3) is 10.2 Å². The predicted octanol–water partition coefficient (Wildman–Crippen LogP) is 2.21. The van der Waals surface area contributed by atoms with Gasteiger partial charge in [-0.25, -0.2) is 14.4 Å². The molecule has 0 radical (unpaired) electrons. The monoisotopic (exact) mass is 574 g/mol. The van der Waals surface area contributed by atoms with Crippen LogP contribution in [0.1, 0.15) is 42.5 Å². The minimum absolute atomic E-state index is 0.125. The van der Waals surface area contributed by atoms with Crippen molar-refractivity contribution in [3.63, 3.8) is 0 Å². The molecule has 0 unspecified atom stereocenters. The summed E-state index contributed by atoms with van der Waals surface area (Å²) in [4.78, 5) is 24.5. The number of hydrogen-bond acceptors (Lipinski definition) is 9. The molecule has 0 aliphatic carbocycles. The van der Waals surface area contributed by atoms with Crippen LogP contribution in [0.5, 0.6) is 11.5 Å². The molecule has 1 aromatic heterocycles. The molecule has 0 saturated carbocycles. The van der Waals surface area contributed by atoms with E-state index in [0.29, 0.717) is 37.5 Å². The lowest BCUT2D eigenvalue weighted by Gasteiger charge is -2.54. The number of nitrogens with one attached hydrogen (secondary N) is 1. The molecule has 40 heavy (non-hydrogen) atoms. The Kier molecular flexibility index (Phi) is 7.75. The summed E-state index contributed by atoms with van der Waals surface area (Å²) in [5.74, 6) is 0.864. The molecule has 13 heteroatoms. The van der Waals surface area contributed by atoms with Crippen molar-refractivity contribution in [3.05, 3.63) is 42.1 Å². The summed E-state index contributed by atoms with van der Waals surface area (Å²) in [6, 6.07) is 3.68. The van der Waals surface area contributed by atoms with Crippen LogP contribution in [0, 0.1) is 11.2 Å². The van der Waals surface area contributed by atoms with Gasteiger partial charge >= 0.3 is 0 Å². The normalized spacial score (nSPS) is 25.3. The molecule has 4 saturated heterocycles. The maximum atomic E-state index is 13.5. The lowest BCUT2D eigenvalue weighted by molar-refractivity contribution is -0.0301. The maximum absolute atomic E-state index is 13.5. The van der Waals surface area contributed by atoms with Crippen LogP contribution < -0.4 is 14.4 Å². The van der Waals surface area contributed by atoms with Gasteiger partial charge in [0.15, 0.2) is 17.9 Å². The Balaban J connectivity index is 0.970. The van der Waals surface area contributed by atoms with E-state index >= 15 is 0 Å². The lowest BCUT2D eigenvalue weighted by atomic mass is 9.72. The molecular formula is C27H35FN6O5S. The predicted molar refractivity (Wildman–Crippen MR) is 145 cm³/mol. The number of benzene rings is 1. The Morgan fingerprint density at radius 2 is 1.95 bits per heavy atom. The van der Waals surface area contributed by atoms with E-state index in [1.54, 1.807) is 6.20 Å². The fraction of sp³-hybridized carbons (Fsp3) is 0.593. The van der Waals surface area contributed by atoms with Crippen molar-refractivity contribution in [3.8, 4) is 11.5 Å². The van der Waals surface area contributed by atoms with E-state index in [0.717, 1.165) is 70.9 Å². The topological polar surface area (TPSA) is 117 Å². The van der Waals surface area contributed by atoms with Gasteiger partial charge in [0.1, 0.15) is 17.9 Å². The van der Waals surface area contributed by atoms with Gasteiger partial charge < -0.3 is 19.3 Å². The van der Waals surface area contributed by atoms with Gasteiger partial charge in [0.2, 0.25) is 0 Å². The van der Waals surface area contributed by atoms with E-state index in [2.05, 4.69) is 24.5 Å². The molecule has 1 aromatic carbocycles. The third kappa shape index (κ3) is 5.84. The highest BCUT2D eigenvalue weighted by Crippen LogP contribution is 2.45. The number of aldehydes is 1. The Bertz CT molecular complexity index is 1320. The number of nitrogens with zero attached hydrogens (tertiary/aromatic N) is 5. The molecule has 4 aliphatic heterocycles. The van der Waals surface area contributed by atoms with Crippen LogP contribution in [-0.4, -0.2) is 98.4 Å². The Labute approximate surface area is 233 Å². The van der Waals surface area contributed by atoms with Crippen LogP contribution in [0.2, 0.25) is 0 Å². The summed E-state index contributed by atoms with van der Waals surface area (Å²) in [6.45, 7) is 6.19. The second-order valence-corrected chi connectivity index (χ2v) is 13.1. The average Bonchev–Trinajstić information content (AvgIpc) is 2.89. The molecule has 6 rings (SSSR count). The van der Waals surface area contributed by atoms with Gasteiger partial charge in [-0.15, -0.1) is 0 Å². The first-order chi connectivity index (χ1) is 19.3. The molecule has 216 valence electrons. The number of ether oxygens (including phenoxy) is 2. The smallest absolute Gasteiger partial charge is 0.279 e. The Hall–Kier alpha value is -2.71. The van der Waals surface area contributed by atoms with Crippen molar-refractivity contribution in [2.45, 2.75) is 44.2 Å². The quantitative estimate of drug-likeness (QED) is 0.450. The molecule has 5 heterocycles. The summed E-state index contributed by atoms with van der Waals surface area (Å²) < 4.78 is 54.5. The van der Waals surface area contributed by atoms with E-state index in [1.807, 2.05) is 0 Å². The van der Waals surface area contributed by atoms with Crippen LogP contribution in [0.3, 0.4) is 0 Å². The summed E-state index contributed by atoms with van der Waals surface area (Å²) in [7, 11) is -3.38. The number of halogens is 1. The Morgan fingerprint density at radius 1 is 1.15 bits per heavy atom. The molecule has 2 atom stereocenters. The van der Waals surface area contributed by atoms with Crippen molar-refractivity contribution in [2.24, 2.45) is 5.41 Å². The molecule has 4 fully saturated rings. The van der Waals surface area contributed by atoms with Crippen LogP contribution in [-0.2, 0) is 14.9 Å². The van der Waals surface area contributed by atoms with E-state index in [4.69, 9.17) is 9.47 Å². The highest BCUT2D eigenvalue weighted by molar-refractivity contribution is 7.87. The standard InChI is InChI=1S/C27H35FN6O5S/c28-21-2-5-24(20(12-21)15-35)39-25-13-29-19-30-26(25)33-17-27(18-33)6-10-32(11-7-27)14-23-4-3-22(16-38-23)31-40(36,37)34-8-1-9-34/h2,5,12-13,15,19,22-23,31H,1,3-4,6-11,14,16-18H2/t22-,23+/m1/s1. The van der Waals surface area contributed by atoms with E-state index < -0.39 is 16.0 Å². The number of carbonyl (C=O) groups excluding carboxylic acids is 1. The zero-order valence-electron chi connectivity index (χ0n) is 22.4. The molecule has 1 N–H and O–H groups in total. The maximum Gasteiger partial charge on any atom is 0.279 e. The first kappa shape index (κ1) is 27.5. The zero-order chi connectivity index (χ0) is 27.7. The van der Waals surface area contributed by atoms with Gasteiger partial charge in [0.05, 0.1) is 24.5 Å². The van der Waals surface area contributed by atoms with Gasteiger partial charge in [-0.1, -0.05) is 0 Å². The number of likely N-dealkylation sites (tertiary alicyclic amines) is 1. The van der Waals surface area contributed by atoms with Gasteiger partial charge in [-0.2, -0.15) is 17.4 Å². The molecule has 11 nitrogen and oxygen atoms in total. The number of rotatable bonds is 9. The highest BCUT2D eigenvalue weighted by Gasteiger charge is 2.46. The van der Waals surface area contributed by atoms with Crippen molar-refractivity contribution >= 4 is 22.3 Å². The SMILES string of the molecule is O=Cc1cc(F)ccc1Oc1cncnc1N1CC2(CCN(C[C@@H]3CC[C@@H](NS(=O)(=O)N4CCC4)CO3)CC2)C1. The summed E-state index contributed by atoms with van der Waals surface area (Å²) in [5.41, 5.74) is 0.351. The third-order valence-electron chi connectivity index (χ3n) is 8.55. The highest BCUT2D eigenvalue weighted by atomic mass is 32.2. The van der Waals surface area contributed by atoms with E-state index in [9.17, 15) is 17.6 Å². The fourth-order valence-corrected chi connectivity index (χ4v) is 7.52. The first-order valence-electron chi connectivity index (χ1n) is 13.9. The minimum Gasteiger partial charge on any atom is -0.451 e. The second-order valence-electron chi connectivity index (χ2n) is 11.4. The summed E-state index contributed by atoms with van der Waals surface area (Å²) >= 11 is 0. The lowest BCUT2D eigenvalue weighted by Crippen LogP contribution is -2.61. The molecule has 1 spiro atoms. The number of carbonyl (C=O) groups is 1. The van der Waals surface area contributed by atoms with E-state index in [1.165, 1.54) is 22.8 Å².